The lowest BCUT2D eigenvalue weighted by molar-refractivity contribution is -0.117. The molecule has 1 aliphatic rings. The Morgan fingerprint density at radius 2 is 1.87 bits per heavy atom. The van der Waals surface area contributed by atoms with Gasteiger partial charge in [-0.2, -0.15) is 0 Å². The summed E-state index contributed by atoms with van der Waals surface area (Å²) in [5, 5.41) is 2.98. The molecule has 5 nitrogen and oxygen atoms in total. The van der Waals surface area contributed by atoms with Gasteiger partial charge >= 0.3 is 0 Å². The smallest absolute Gasteiger partial charge is 0.238 e. The maximum absolute atomic E-state index is 12.4. The maximum atomic E-state index is 12.4. The van der Waals surface area contributed by atoms with Crippen LogP contribution in [0.3, 0.4) is 0 Å². The van der Waals surface area contributed by atoms with Crippen LogP contribution in [-0.4, -0.2) is 49.9 Å². The molecule has 1 aromatic carbocycles. The molecule has 0 saturated carbocycles. The number of hydrogen-bond acceptors (Lipinski definition) is 4. The van der Waals surface area contributed by atoms with Gasteiger partial charge in [0.2, 0.25) is 5.91 Å². The Bertz CT molecular complexity index is 675. The minimum Gasteiger partial charge on any atom is -0.324 e. The zero-order valence-corrected chi connectivity index (χ0v) is 15.2. The summed E-state index contributed by atoms with van der Waals surface area (Å²) in [4.78, 5) is 14.3. The summed E-state index contributed by atoms with van der Waals surface area (Å²) in [5.41, 5.74) is 4.12. The van der Waals surface area contributed by atoms with Gasteiger partial charge in [-0.3, -0.25) is 9.69 Å². The fourth-order valence-electron chi connectivity index (χ4n) is 3.30. The van der Waals surface area contributed by atoms with Gasteiger partial charge in [-0.15, -0.1) is 0 Å². The summed E-state index contributed by atoms with van der Waals surface area (Å²) < 4.78 is 23.3. The SMILES string of the molecule is CCN(CC(=O)Nc1c(C)cc(C)cc1C)C1CCS(=O)(=O)C1. The monoisotopic (exact) mass is 338 g/mol. The van der Waals surface area contributed by atoms with Crippen molar-refractivity contribution < 1.29 is 13.2 Å². The Labute approximate surface area is 139 Å². The van der Waals surface area contributed by atoms with Crippen LogP contribution in [0.1, 0.15) is 30.0 Å². The van der Waals surface area contributed by atoms with Crippen LogP contribution in [0.4, 0.5) is 5.69 Å². The molecule has 128 valence electrons. The van der Waals surface area contributed by atoms with Crippen LogP contribution >= 0.6 is 0 Å². The second kappa shape index (κ2) is 7.01. The van der Waals surface area contributed by atoms with Gasteiger partial charge < -0.3 is 5.32 Å². The molecule has 0 spiro atoms. The van der Waals surface area contributed by atoms with E-state index < -0.39 is 9.84 Å². The summed E-state index contributed by atoms with van der Waals surface area (Å²) in [6.07, 6.45) is 0.617. The predicted molar refractivity (Wildman–Crippen MR) is 93.6 cm³/mol. The highest BCUT2D eigenvalue weighted by Crippen LogP contribution is 2.22. The van der Waals surface area contributed by atoms with Crippen molar-refractivity contribution in [3.05, 3.63) is 28.8 Å². The van der Waals surface area contributed by atoms with E-state index in [9.17, 15) is 13.2 Å². The minimum absolute atomic E-state index is 0.0454. The fourth-order valence-corrected chi connectivity index (χ4v) is 5.06. The molecule has 1 N–H and O–H groups in total. The van der Waals surface area contributed by atoms with E-state index in [0.717, 1.165) is 16.8 Å². The molecule has 1 atom stereocenters. The van der Waals surface area contributed by atoms with Crippen molar-refractivity contribution >= 4 is 21.4 Å². The Morgan fingerprint density at radius 1 is 1.26 bits per heavy atom. The van der Waals surface area contributed by atoms with Crippen molar-refractivity contribution in [3.63, 3.8) is 0 Å². The highest BCUT2D eigenvalue weighted by atomic mass is 32.2. The summed E-state index contributed by atoms with van der Waals surface area (Å²) in [5.74, 6) is 0.300. The average molecular weight is 338 g/mol. The van der Waals surface area contributed by atoms with Gasteiger partial charge in [-0.25, -0.2) is 8.42 Å². The van der Waals surface area contributed by atoms with Crippen LogP contribution in [0.2, 0.25) is 0 Å². The van der Waals surface area contributed by atoms with E-state index in [1.165, 1.54) is 5.56 Å². The van der Waals surface area contributed by atoms with Crippen LogP contribution in [-0.2, 0) is 14.6 Å². The van der Waals surface area contributed by atoms with Gasteiger partial charge in [0, 0.05) is 11.7 Å². The fraction of sp³-hybridized carbons (Fsp3) is 0.588. The molecule has 0 radical (unpaired) electrons. The molecular formula is C17H26N2O3S. The third kappa shape index (κ3) is 4.54. The number of nitrogens with one attached hydrogen (secondary N) is 1. The first-order valence-corrected chi connectivity index (χ1v) is 9.86. The van der Waals surface area contributed by atoms with Crippen LogP contribution in [0.5, 0.6) is 0 Å². The summed E-state index contributed by atoms with van der Waals surface area (Å²) >= 11 is 0. The van der Waals surface area contributed by atoms with Crippen molar-refractivity contribution in [1.82, 2.24) is 4.90 Å². The first kappa shape index (κ1) is 17.9. The largest absolute Gasteiger partial charge is 0.324 e. The molecule has 6 heteroatoms. The van der Waals surface area contributed by atoms with Gasteiger partial charge in [-0.05, 0) is 44.9 Å². The number of benzene rings is 1. The Hall–Kier alpha value is -1.40. The molecule has 0 bridgehead atoms. The third-order valence-electron chi connectivity index (χ3n) is 4.42. The molecule has 1 aromatic rings. The lowest BCUT2D eigenvalue weighted by Crippen LogP contribution is -2.41. The van der Waals surface area contributed by atoms with Crippen LogP contribution < -0.4 is 5.32 Å². The Balaban J connectivity index is 2.04. The van der Waals surface area contributed by atoms with E-state index in [1.54, 1.807) is 0 Å². The second-order valence-electron chi connectivity index (χ2n) is 6.44. The lowest BCUT2D eigenvalue weighted by Gasteiger charge is -2.26. The first-order chi connectivity index (χ1) is 10.7. The van der Waals surface area contributed by atoms with Crippen LogP contribution in [0.25, 0.3) is 0 Å². The van der Waals surface area contributed by atoms with Crippen molar-refractivity contribution in [2.24, 2.45) is 0 Å². The number of rotatable bonds is 5. The summed E-state index contributed by atoms with van der Waals surface area (Å²) in [7, 11) is -2.94. The van der Waals surface area contributed by atoms with E-state index in [-0.39, 0.29) is 30.0 Å². The lowest BCUT2D eigenvalue weighted by atomic mass is 10.1. The van der Waals surface area contributed by atoms with E-state index in [1.807, 2.05) is 44.7 Å². The molecule has 0 aliphatic carbocycles. The molecule has 1 unspecified atom stereocenters. The van der Waals surface area contributed by atoms with Crippen LogP contribution in [0, 0.1) is 20.8 Å². The van der Waals surface area contributed by atoms with Crippen molar-refractivity contribution in [2.75, 3.05) is 29.9 Å². The number of anilines is 1. The number of aryl methyl sites for hydroxylation is 3. The number of likely N-dealkylation sites (N-methyl/N-ethyl adjacent to an activating group) is 1. The molecule has 1 amide bonds. The molecular weight excluding hydrogens is 312 g/mol. The number of carbonyl (C=O) groups excluding carboxylic acids is 1. The highest BCUT2D eigenvalue weighted by molar-refractivity contribution is 7.91. The zero-order valence-electron chi connectivity index (χ0n) is 14.3. The van der Waals surface area contributed by atoms with Gasteiger partial charge in [0.15, 0.2) is 9.84 Å². The van der Waals surface area contributed by atoms with Gasteiger partial charge in [0.05, 0.1) is 18.1 Å². The molecule has 23 heavy (non-hydrogen) atoms. The van der Waals surface area contributed by atoms with Crippen molar-refractivity contribution in [1.29, 1.82) is 0 Å². The number of nitrogens with zero attached hydrogens (tertiary/aromatic N) is 1. The topological polar surface area (TPSA) is 66.5 Å². The number of hydrogen-bond donors (Lipinski definition) is 1. The number of amides is 1. The second-order valence-corrected chi connectivity index (χ2v) is 8.67. The zero-order chi connectivity index (χ0) is 17.2. The van der Waals surface area contributed by atoms with E-state index in [2.05, 4.69) is 5.32 Å². The van der Waals surface area contributed by atoms with Gasteiger partial charge in [-0.1, -0.05) is 24.6 Å². The Morgan fingerprint density at radius 3 is 2.35 bits per heavy atom. The predicted octanol–water partition coefficient (Wildman–Crippen LogP) is 2.06. The summed E-state index contributed by atoms with van der Waals surface area (Å²) in [6, 6.07) is 4.05. The van der Waals surface area contributed by atoms with Crippen LogP contribution in [0.15, 0.2) is 12.1 Å². The average Bonchev–Trinajstić information content (AvgIpc) is 2.80. The normalized spacial score (nSPS) is 20.0. The minimum atomic E-state index is -2.94. The van der Waals surface area contributed by atoms with Crippen molar-refractivity contribution in [2.45, 2.75) is 40.2 Å². The number of carbonyl (C=O) groups is 1. The third-order valence-corrected chi connectivity index (χ3v) is 6.17. The van der Waals surface area contributed by atoms with Gasteiger partial charge in [0.25, 0.3) is 0 Å². The summed E-state index contributed by atoms with van der Waals surface area (Å²) in [6.45, 7) is 8.85. The number of sulfone groups is 1. The molecule has 1 aliphatic heterocycles. The van der Waals surface area contributed by atoms with Gasteiger partial charge in [0.1, 0.15) is 0 Å². The van der Waals surface area contributed by atoms with E-state index in [4.69, 9.17) is 0 Å². The molecule has 0 aromatic heterocycles. The molecule has 1 heterocycles. The maximum Gasteiger partial charge on any atom is 0.238 e. The van der Waals surface area contributed by atoms with E-state index >= 15 is 0 Å². The standard InChI is InChI=1S/C17H26N2O3S/c1-5-19(15-6-7-23(21,22)11-15)10-16(20)18-17-13(3)8-12(2)9-14(17)4/h8-9,15H,5-7,10-11H2,1-4H3,(H,18,20). The molecule has 2 rings (SSSR count). The first-order valence-electron chi connectivity index (χ1n) is 8.04. The Kier molecular flexibility index (Phi) is 5.47. The van der Waals surface area contributed by atoms with Crippen molar-refractivity contribution in [3.8, 4) is 0 Å². The molecule has 1 fully saturated rings. The highest BCUT2D eigenvalue weighted by Gasteiger charge is 2.32. The van der Waals surface area contributed by atoms with E-state index in [0.29, 0.717) is 13.0 Å². The quantitative estimate of drug-likeness (QED) is 0.892. The molecule has 1 saturated heterocycles.